The summed E-state index contributed by atoms with van der Waals surface area (Å²) in [4.78, 5) is 14.3. The molecule has 1 rings (SSSR count). The zero-order chi connectivity index (χ0) is 11.6. The number of rotatable bonds is 3. The number of alkyl halides is 2. The molecule has 0 atom stereocenters. The van der Waals surface area contributed by atoms with E-state index in [9.17, 15) is 13.6 Å². The summed E-state index contributed by atoms with van der Waals surface area (Å²) in [5, 5.41) is -0.316. The first kappa shape index (κ1) is 11.6. The molecule has 1 aromatic heterocycles. The highest BCUT2D eigenvalue weighted by Gasteiger charge is 2.20. The van der Waals surface area contributed by atoms with Gasteiger partial charge < -0.3 is 10.5 Å². The predicted molar refractivity (Wildman–Crippen MR) is 49.3 cm³/mol. The molecular weight excluding hydrogens is 230 g/mol. The quantitative estimate of drug-likeness (QED) is 0.814. The second-order valence-corrected chi connectivity index (χ2v) is 2.94. The summed E-state index contributed by atoms with van der Waals surface area (Å²) in [7, 11) is 1.18. The minimum Gasteiger partial charge on any atom is -0.493 e. The van der Waals surface area contributed by atoms with Gasteiger partial charge in [-0.15, -0.1) is 0 Å². The minimum absolute atomic E-state index is 0.253. The van der Waals surface area contributed by atoms with Gasteiger partial charge >= 0.3 is 0 Å². The van der Waals surface area contributed by atoms with Gasteiger partial charge in [0.05, 0.1) is 12.7 Å². The molecule has 0 saturated heterocycles. The lowest BCUT2D eigenvalue weighted by atomic mass is 10.2. The van der Waals surface area contributed by atoms with Crippen LogP contribution in [0.15, 0.2) is 6.07 Å². The Labute approximate surface area is 89.0 Å². The molecule has 82 valence electrons. The van der Waals surface area contributed by atoms with Gasteiger partial charge in [0.15, 0.2) is 10.9 Å². The molecular formula is C8H7ClF2N2O2. The van der Waals surface area contributed by atoms with Gasteiger partial charge in [0.2, 0.25) is 0 Å². The van der Waals surface area contributed by atoms with E-state index in [4.69, 9.17) is 17.3 Å². The molecule has 4 nitrogen and oxygen atoms in total. The van der Waals surface area contributed by atoms with Gasteiger partial charge in [-0.05, 0) is 6.07 Å². The average Bonchev–Trinajstić information content (AvgIpc) is 2.16. The van der Waals surface area contributed by atoms with Crippen molar-refractivity contribution >= 4 is 17.5 Å². The van der Waals surface area contributed by atoms with Crippen molar-refractivity contribution in [2.24, 2.45) is 5.73 Å². The number of hydrogen-bond donors (Lipinski definition) is 1. The smallest absolute Gasteiger partial charge is 0.267 e. The lowest BCUT2D eigenvalue weighted by Gasteiger charge is -2.09. The zero-order valence-corrected chi connectivity index (χ0v) is 8.39. The molecule has 0 saturated carbocycles. The molecule has 0 fully saturated rings. The fraction of sp³-hybridized carbons (Fsp3) is 0.250. The summed E-state index contributed by atoms with van der Waals surface area (Å²) in [6.45, 7) is 0. The van der Waals surface area contributed by atoms with E-state index in [1.807, 2.05) is 0 Å². The normalized spacial score (nSPS) is 10.5. The highest BCUT2D eigenvalue weighted by molar-refractivity contribution is 6.31. The maximum absolute atomic E-state index is 12.5. The van der Waals surface area contributed by atoms with Gasteiger partial charge in [-0.3, -0.25) is 4.79 Å². The molecule has 1 aromatic rings. The molecule has 0 radical (unpaired) electrons. The van der Waals surface area contributed by atoms with Crippen molar-refractivity contribution in [2.75, 3.05) is 7.11 Å². The Morgan fingerprint density at radius 3 is 2.67 bits per heavy atom. The Hall–Kier alpha value is -1.43. The van der Waals surface area contributed by atoms with Crippen molar-refractivity contribution in [1.82, 2.24) is 4.98 Å². The fourth-order valence-electron chi connectivity index (χ4n) is 1.01. The van der Waals surface area contributed by atoms with E-state index in [0.29, 0.717) is 0 Å². The first-order valence-corrected chi connectivity index (χ1v) is 4.17. The maximum Gasteiger partial charge on any atom is 0.267 e. The standard InChI is InChI=1S/C8H7ClF2N2O2/c1-15-5-3(7(10)11)2-4(8(12)14)13-6(5)9/h2,7H,1H3,(H2,12,14). The third-order valence-electron chi connectivity index (χ3n) is 1.65. The number of amides is 1. The average molecular weight is 237 g/mol. The second-order valence-electron chi connectivity index (χ2n) is 2.59. The molecule has 0 bridgehead atoms. The van der Waals surface area contributed by atoms with Crippen LogP contribution in [-0.2, 0) is 0 Å². The Bertz CT molecular complexity index is 398. The molecule has 1 heterocycles. The summed E-state index contributed by atoms with van der Waals surface area (Å²) in [6.07, 6.45) is -2.82. The number of nitrogens with two attached hydrogens (primary N) is 1. The predicted octanol–water partition coefficient (Wildman–Crippen LogP) is 1.78. The SMILES string of the molecule is COc1c(C(F)F)cc(C(N)=O)nc1Cl. The van der Waals surface area contributed by atoms with Gasteiger partial charge in [0.1, 0.15) is 5.69 Å². The lowest BCUT2D eigenvalue weighted by Crippen LogP contribution is -2.14. The number of methoxy groups -OCH3 is 1. The fourth-order valence-corrected chi connectivity index (χ4v) is 1.29. The van der Waals surface area contributed by atoms with Crippen LogP contribution in [0.4, 0.5) is 8.78 Å². The third kappa shape index (κ3) is 2.33. The van der Waals surface area contributed by atoms with Gasteiger partial charge in [0.25, 0.3) is 12.3 Å². The molecule has 0 unspecified atom stereocenters. The third-order valence-corrected chi connectivity index (χ3v) is 1.91. The number of halogens is 3. The molecule has 1 amide bonds. The number of pyridine rings is 1. The summed E-state index contributed by atoms with van der Waals surface area (Å²) in [5.74, 6) is -1.18. The van der Waals surface area contributed by atoms with Crippen molar-refractivity contribution in [3.63, 3.8) is 0 Å². The largest absolute Gasteiger partial charge is 0.493 e. The van der Waals surface area contributed by atoms with E-state index in [-0.39, 0.29) is 16.6 Å². The van der Waals surface area contributed by atoms with Crippen LogP contribution in [0.5, 0.6) is 5.75 Å². The highest BCUT2D eigenvalue weighted by Crippen LogP contribution is 2.34. The molecule has 0 spiro atoms. The van der Waals surface area contributed by atoms with Crippen molar-refractivity contribution in [3.8, 4) is 5.75 Å². The molecule has 15 heavy (non-hydrogen) atoms. The molecule has 0 aliphatic rings. The van der Waals surface area contributed by atoms with Crippen LogP contribution < -0.4 is 10.5 Å². The van der Waals surface area contributed by atoms with Gasteiger partial charge in [-0.1, -0.05) is 11.6 Å². The van der Waals surface area contributed by atoms with Crippen LogP contribution >= 0.6 is 11.6 Å². The van der Waals surface area contributed by atoms with E-state index in [2.05, 4.69) is 9.72 Å². The topological polar surface area (TPSA) is 65.2 Å². The van der Waals surface area contributed by atoms with E-state index in [1.54, 1.807) is 0 Å². The Morgan fingerprint density at radius 1 is 1.67 bits per heavy atom. The van der Waals surface area contributed by atoms with Gasteiger partial charge in [-0.25, -0.2) is 13.8 Å². The van der Waals surface area contributed by atoms with Crippen LogP contribution in [0, 0.1) is 0 Å². The Morgan fingerprint density at radius 2 is 2.27 bits per heavy atom. The Balaban J connectivity index is 3.38. The molecule has 0 aliphatic heterocycles. The van der Waals surface area contributed by atoms with Crippen molar-refractivity contribution in [1.29, 1.82) is 0 Å². The molecule has 7 heteroatoms. The first-order chi connectivity index (χ1) is 6.97. The molecule has 2 N–H and O–H groups in total. The van der Waals surface area contributed by atoms with Gasteiger partial charge in [0, 0.05) is 0 Å². The van der Waals surface area contributed by atoms with Crippen LogP contribution in [0.1, 0.15) is 22.5 Å². The first-order valence-electron chi connectivity index (χ1n) is 3.79. The van der Waals surface area contributed by atoms with E-state index in [0.717, 1.165) is 6.07 Å². The van der Waals surface area contributed by atoms with Crippen LogP contribution in [0.25, 0.3) is 0 Å². The van der Waals surface area contributed by atoms with Crippen LogP contribution in [0.3, 0.4) is 0 Å². The van der Waals surface area contributed by atoms with Gasteiger partial charge in [-0.2, -0.15) is 0 Å². The van der Waals surface area contributed by atoms with Crippen molar-refractivity contribution < 1.29 is 18.3 Å². The Kier molecular flexibility index (Phi) is 3.41. The van der Waals surface area contributed by atoms with Crippen LogP contribution in [-0.4, -0.2) is 18.0 Å². The number of carbonyl (C=O) groups is 1. The second kappa shape index (κ2) is 4.39. The lowest BCUT2D eigenvalue weighted by molar-refractivity contribution is 0.0994. The number of nitrogens with zero attached hydrogens (tertiary/aromatic N) is 1. The summed E-state index contributed by atoms with van der Waals surface area (Å²) >= 11 is 5.55. The number of primary amides is 1. The van der Waals surface area contributed by atoms with E-state index in [1.165, 1.54) is 7.11 Å². The monoisotopic (exact) mass is 236 g/mol. The number of aromatic nitrogens is 1. The highest BCUT2D eigenvalue weighted by atomic mass is 35.5. The summed E-state index contributed by atoms with van der Waals surface area (Å²) < 4.78 is 29.7. The summed E-state index contributed by atoms with van der Waals surface area (Å²) in [5.41, 5.74) is 4.07. The van der Waals surface area contributed by atoms with Crippen molar-refractivity contribution in [3.05, 3.63) is 22.5 Å². The van der Waals surface area contributed by atoms with E-state index >= 15 is 0 Å². The van der Waals surface area contributed by atoms with Crippen LogP contribution in [0.2, 0.25) is 5.15 Å². The minimum atomic E-state index is -2.82. The summed E-state index contributed by atoms with van der Waals surface area (Å²) in [6, 6.07) is 0.859. The number of ether oxygens (including phenoxy) is 1. The maximum atomic E-state index is 12.5. The van der Waals surface area contributed by atoms with E-state index < -0.39 is 17.9 Å². The molecule has 0 aromatic carbocycles. The number of hydrogen-bond acceptors (Lipinski definition) is 3. The zero-order valence-electron chi connectivity index (χ0n) is 7.63. The number of carbonyl (C=O) groups excluding carboxylic acids is 1. The van der Waals surface area contributed by atoms with Crippen molar-refractivity contribution in [2.45, 2.75) is 6.43 Å². The molecule has 0 aliphatic carbocycles.